The molecule has 3 aromatic rings. The van der Waals surface area contributed by atoms with Gasteiger partial charge in [0.05, 0.1) is 11.7 Å². The number of aromatic nitrogens is 1. The number of piperazine rings is 1. The smallest absolute Gasteiger partial charge is 0.223 e. The van der Waals surface area contributed by atoms with Gasteiger partial charge in [0.2, 0.25) is 5.91 Å². The number of thiazole rings is 1. The van der Waals surface area contributed by atoms with Gasteiger partial charge in [0.25, 0.3) is 0 Å². The number of hydrogen-bond acceptors (Lipinski definition) is 5. The van der Waals surface area contributed by atoms with Gasteiger partial charge in [-0.25, -0.2) is 4.98 Å². The molecule has 2 aromatic carbocycles. The Morgan fingerprint density at radius 3 is 2.22 bits per heavy atom. The number of nitrogens with one attached hydrogen (secondary N) is 1. The molecule has 2 saturated heterocycles. The molecular formula is C35H48N4OS. The van der Waals surface area contributed by atoms with Crippen LogP contribution in [0.5, 0.6) is 0 Å². The molecule has 2 fully saturated rings. The van der Waals surface area contributed by atoms with Crippen LogP contribution in [0.25, 0.3) is 10.6 Å². The predicted octanol–water partition coefficient (Wildman–Crippen LogP) is 7.15. The molecule has 1 aromatic heterocycles. The Hall–Kier alpha value is -2.54. The van der Waals surface area contributed by atoms with Crippen molar-refractivity contribution in [2.24, 2.45) is 11.3 Å². The Morgan fingerprint density at radius 1 is 0.951 bits per heavy atom. The Morgan fingerprint density at radius 2 is 1.61 bits per heavy atom. The standard InChI is InChI=1S/C35H48N4OS/c1-34(2,3)29-24-41-33(37-29)28-14-12-27(13-15-28)32(26-10-8-7-9-11-26)38-20-21-39(30(23-38)35(4,5)6)31(40)22-25-16-18-36-19-17-25/h7-15,24-25,30,32,36H,16-23H2,1-6H3. The lowest BCUT2D eigenvalue weighted by molar-refractivity contribution is -0.141. The second-order valence-electron chi connectivity index (χ2n) is 14.1. The Bertz CT molecular complexity index is 1280. The van der Waals surface area contributed by atoms with E-state index in [1.165, 1.54) is 16.7 Å². The fourth-order valence-corrected chi connectivity index (χ4v) is 7.39. The van der Waals surface area contributed by atoms with Crippen LogP contribution in [-0.2, 0) is 10.2 Å². The third kappa shape index (κ3) is 7.10. The van der Waals surface area contributed by atoms with Gasteiger partial charge in [0.1, 0.15) is 5.01 Å². The summed E-state index contributed by atoms with van der Waals surface area (Å²) in [5.74, 6) is 0.852. The zero-order valence-electron chi connectivity index (χ0n) is 25.8. The number of carbonyl (C=O) groups excluding carboxylic acids is 1. The van der Waals surface area contributed by atoms with Crippen LogP contribution >= 0.6 is 11.3 Å². The van der Waals surface area contributed by atoms with Gasteiger partial charge >= 0.3 is 0 Å². The number of benzene rings is 2. The topological polar surface area (TPSA) is 48.5 Å². The third-order valence-electron chi connectivity index (χ3n) is 8.88. The maximum atomic E-state index is 13.7. The number of rotatable bonds is 6. The lowest BCUT2D eigenvalue weighted by Crippen LogP contribution is -2.60. The fraction of sp³-hybridized carbons (Fsp3) is 0.543. The number of hydrogen-bond donors (Lipinski definition) is 1. The molecular weight excluding hydrogens is 524 g/mol. The quantitative estimate of drug-likeness (QED) is 0.341. The van der Waals surface area contributed by atoms with Crippen LogP contribution in [0.2, 0.25) is 0 Å². The average molecular weight is 573 g/mol. The van der Waals surface area contributed by atoms with Gasteiger partial charge < -0.3 is 10.2 Å². The van der Waals surface area contributed by atoms with Crippen molar-refractivity contribution in [3.8, 4) is 10.6 Å². The van der Waals surface area contributed by atoms with Gasteiger partial charge in [-0.3, -0.25) is 9.69 Å². The first-order chi connectivity index (χ1) is 19.5. The normalized spacial score (nSPS) is 20.2. The van der Waals surface area contributed by atoms with E-state index in [1.54, 1.807) is 11.3 Å². The molecule has 220 valence electrons. The minimum atomic E-state index is -0.0108. The molecule has 1 amide bonds. The summed E-state index contributed by atoms with van der Waals surface area (Å²) < 4.78 is 0. The van der Waals surface area contributed by atoms with Crippen molar-refractivity contribution in [1.82, 2.24) is 20.1 Å². The number of amides is 1. The molecule has 5 rings (SSSR count). The van der Waals surface area contributed by atoms with E-state index in [-0.39, 0.29) is 22.9 Å². The van der Waals surface area contributed by atoms with Crippen LogP contribution in [0.4, 0.5) is 0 Å². The molecule has 0 bridgehead atoms. The summed E-state index contributed by atoms with van der Waals surface area (Å²) in [5, 5.41) is 6.70. The molecule has 0 saturated carbocycles. The van der Waals surface area contributed by atoms with Crippen molar-refractivity contribution >= 4 is 17.2 Å². The first-order valence-electron chi connectivity index (χ1n) is 15.4. The highest BCUT2D eigenvalue weighted by atomic mass is 32.1. The van der Waals surface area contributed by atoms with Gasteiger partial charge in [-0.2, -0.15) is 0 Å². The molecule has 2 atom stereocenters. The largest absolute Gasteiger partial charge is 0.337 e. The van der Waals surface area contributed by atoms with Crippen LogP contribution < -0.4 is 5.32 Å². The Labute approximate surface area is 251 Å². The third-order valence-corrected chi connectivity index (χ3v) is 9.77. The summed E-state index contributed by atoms with van der Waals surface area (Å²) in [5.41, 5.74) is 4.93. The molecule has 3 heterocycles. The van der Waals surface area contributed by atoms with Crippen LogP contribution in [0, 0.1) is 11.3 Å². The van der Waals surface area contributed by atoms with E-state index < -0.39 is 0 Å². The minimum Gasteiger partial charge on any atom is -0.337 e. The van der Waals surface area contributed by atoms with Gasteiger partial charge in [-0.1, -0.05) is 96.1 Å². The fourth-order valence-electron chi connectivity index (χ4n) is 6.34. The zero-order chi connectivity index (χ0) is 29.2. The second kappa shape index (κ2) is 12.4. The van der Waals surface area contributed by atoms with Crippen molar-refractivity contribution < 1.29 is 4.79 Å². The van der Waals surface area contributed by atoms with Crippen LogP contribution in [-0.4, -0.2) is 59.5 Å². The number of piperidine rings is 1. The molecule has 2 aliphatic rings. The molecule has 0 radical (unpaired) electrons. The van der Waals surface area contributed by atoms with Crippen molar-refractivity contribution in [3.05, 3.63) is 76.8 Å². The first-order valence-corrected chi connectivity index (χ1v) is 16.2. The maximum Gasteiger partial charge on any atom is 0.223 e. The van der Waals surface area contributed by atoms with Gasteiger partial charge in [0, 0.05) is 48.5 Å². The van der Waals surface area contributed by atoms with E-state index in [2.05, 4.69) is 117 Å². The molecule has 6 heteroatoms. The van der Waals surface area contributed by atoms with E-state index in [1.807, 2.05) is 0 Å². The highest BCUT2D eigenvalue weighted by Crippen LogP contribution is 2.37. The van der Waals surface area contributed by atoms with E-state index >= 15 is 0 Å². The van der Waals surface area contributed by atoms with Gasteiger partial charge in [0.15, 0.2) is 0 Å². The monoisotopic (exact) mass is 572 g/mol. The van der Waals surface area contributed by atoms with Crippen molar-refractivity contribution in [2.75, 3.05) is 32.7 Å². The molecule has 5 nitrogen and oxygen atoms in total. The minimum absolute atomic E-state index is 0.0108. The highest BCUT2D eigenvalue weighted by Gasteiger charge is 2.40. The van der Waals surface area contributed by atoms with E-state index in [0.717, 1.165) is 56.3 Å². The summed E-state index contributed by atoms with van der Waals surface area (Å²) in [6.45, 7) is 18.1. The Balaban J connectivity index is 1.39. The maximum absolute atomic E-state index is 13.7. The molecule has 2 aliphatic heterocycles. The van der Waals surface area contributed by atoms with Crippen LogP contribution in [0.15, 0.2) is 60.0 Å². The van der Waals surface area contributed by atoms with Crippen molar-refractivity contribution in [1.29, 1.82) is 0 Å². The second-order valence-corrected chi connectivity index (χ2v) is 14.9. The van der Waals surface area contributed by atoms with Crippen LogP contribution in [0.1, 0.15) is 83.7 Å². The summed E-state index contributed by atoms with van der Waals surface area (Å²) in [7, 11) is 0. The average Bonchev–Trinajstić information content (AvgIpc) is 3.46. The summed E-state index contributed by atoms with van der Waals surface area (Å²) >= 11 is 1.72. The molecule has 2 unspecified atom stereocenters. The summed E-state index contributed by atoms with van der Waals surface area (Å²) in [4.78, 5) is 23.4. The van der Waals surface area contributed by atoms with Gasteiger partial charge in [-0.05, 0) is 48.4 Å². The van der Waals surface area contributed by atoms with E-state index in [4.69, 9.17) is 4.98 Å². The van der Waals surface area contributed by atoms with Crippen molar-refractivity contribution in [2.45, 2.75) is 78.3 Å². The lowest BCUT2D eigenvalue weighted by Gasteiger charge is -2.49. The first kappa shape index (κ1) is 29.9. The van der Waals surface area contributed by atoms with E-state index in [9.17, 15) is 4.79 Å². The van der Waals surface area contributed by atoms with Gasteiger partial charge in [-0.15, -0.1) is 11.3 Å². The molecule has 41 heavy (non-hydrogen) atoms. The predicted molar refractivity (Wildman–Crippen MR) is 171 cm³/mol. The molecule has 0 spiro atoms. The highest BCUT2D eigenvalue weighted by molar-refractivity contribution is 7.13. The summed E-state index contributed by atoms with van der Waals surface area (Å²) in [6, 6.07) is 20.2. The zero-order valence-corrected chi connectivity index (χ0v) is 26.6. The lowest BCUT2D eigenvalue weighted by atomic mass is 9.82. The van der Waals surface area contributed by atoms with E-state index in [0.29, 0.717) is 18.2 Å². The number of nitrogens with zero attached hydrogens (tertiary/aromatic N) is 3. The molecule has 0 aliphatic carbocycles. The molecule has 1 N–H and O–H groups in total. The number of carbonyl (C=O) groups is 1. The Kier molecular flexibility index (Phi) is 9.03. The summed E-state index contributed by atoms with van der Waals surface area (Å²) in [6.07, 6.45) is 2.90. The van der Waals surface area contributed by atoms with Crippen LogP contribution in [0.3, 0.4) is 0 Å². The SMILES string of the molecule is CC(C)(C)c1csc(-c2ccc(C(c3ccccc3)N3CCN(C(=O)CC4CCNCC4)C(C(C)(C)C)C3)cc2)n1. The van der Waals surface area contributed by atoms with Crippen molar-refractivity contribution in [3.63, 3.8) is 0 Å².